The zero-order valence-corrected chi connectivity index (χ0v) is 17.7. The number of methoxy groups -OCH3 is 1. The summed E-state index contributed by atoms with van der Waals surface area (Å²) in [4.78, 5) is 15.1. The summed E-state index contributed by atoms with van der Waals surface area (Å²) >= 11 is 0. The highest BCUT2D eigenvalue weighted by Gasteiger charge is 2.30. The number of rotatable bonds is 10. The Balaban J connectivity index is 1.49. The predicted octanol–water partition coefficient (Wildman–Crippen LogP) is 3.44. The van der Waals surface area contributed by atoms with Gasteiger partial charge >= 0.3 is 6.09 Å². The van der Waals surface area contributed by atoms with Crippen molar-refractivity contribution in [2.24, 2.45) is 0 Å². The van der Waals surface area contributed by atoms with Crippen molar-refractivity contribution in [3.05, 3.63) is 71.8 Å². The molecule has 2 aromatic carbocycles. The normalized spacial score (nSPS) is 19.2. The lowest BCUT2D eigenvalue weighted by Gasteiger charge is -2.37. The van der Waals surface area contributed by atoms with Crippen LogP contribution in [0, 0.1) is 0 Å². The van der Waals surface area contributed by atoms with E-state index in [1.165, 1.54) is 16.0 Å². The molecule has 6 heteroatoms. The Morgan fingerprint density at radius 3 is 2.23 bits per heavy atom. The Morgan fingerprint density at radius 2 is 1.70 bits per heavy atom. The number of benzene rings is 2. The second-order valence-corrected chi connectivity index (χ2v) is 7.89. The van der Waals surface area contributed by atoms with Gasteiger partial charge in [-0.3, -0.25) is 4.90 Å². The fourth-order valence-electron chi connectivity index (χ4n) is 4.05. The van der Waals surface area contributed by atoms with Crippen molar-refractivity contribution in [2.45, 2.75) is 38.1 Å². The molecule has 0 aromatic heterocycles. The number of carbonyl (C=O) groups is 1. The van der Waals surface area contributed by atoms with Crippen molar-refractivity contribution in [2.75, 3.05) is 33.3 Å². The molecule has 0 radical (unpaired) electrons. The first kappa shape index (κ1) is 22.3. The molecule has 0 saturated carbocycles. The highest BCUT2D eigenvalue weighted by Crippen LogP contribution is 2.15. The van der Waals surface area contributed by atoms with Crippen LogP contribution in [0.4, 0.5) is 4.79 Å². The molecule has 2 atom stereocenters. The fraction of sp³-hybridized carbons (Fsp3) is 0.458. The maximum Gasteiger partial charge on any atom is 0.407 e. The summed E-state index contributed by atoms with van der Waals surface area (Å²) in [7, 11) is 1.66. The fourth-order valence-corrected chi connectivity index (χ4v) is 4.05. The number of carboxylic acid groups (broad SMARTS) is 1. The highest BCUT2D eigenvalue weighted by atomic mass is 16.5. The summed E-state index contributed by atoms with van der Waals surface area (Å²) < 4.78 is 5.54. The number of nitrogens with one attached hydrogen (secondary N) is 1. The number of ether oxygens (including phenoxy) is 1. The van der Waals surface area contributed by atoms with Gasteiger partial charge in [0.1, 0.15) is 0 Å². The molecule has 1 amide bonds. The Bertz CT molecular complexity index is 715. The van der Waals surface area contributed by atoms with Gasteiger partial charge in [-0.1, -0.05) is 60.7 Å². The Kier molecular flexibility index (Phi) is 8.68. The van der Waals surface area contributed by atoms with Gasteiger partial charge in [0.05, 0.1) is 12.6 Å². The van der Waals surface area contributed by atoms with Gasteiger partial charge in [0.25, 0.3) is 0 Å². The van der Waals surface area contributed by atoms with Crippen LogP contribution in [0.25, 0.3) is 0 Å². The number of nitrogens with zero attached hydrogens (tertiary/aromatic N) is 2. The second kappa shape index (κ2) is 11.7. The molecule has 1 heterocycles. The van der Waals surface area contributed by atoms with E-state index in [4.69, 9.17) is 4.74 Å². The van der Waals surface area contributed by atoms with Crippen molar-refractivity contribution in [1.29, 1.82) is 0 Å². The SMILES string of the molecule is COC1CN(C(=O)O)CCC1NCCCN(Cc1ccccc1)Cc1ccccc1. The van der Waals surface area contributed by atoms with Crippen LogP contribution in [0.15, 0.2) is 60.7 Å². The molecular formula is C24H33N3O3. The molecule has 0 spiro atoms. The van der Waals surface area contributed by atoms with E-state index in [1.807, 2.05) is 0 Å². The van der Waals surface area contributed by atoms with Gasteiger partial charge in [0.2, 0.25) is 0 Å². The van der Waals surface area contributed by atoms with E-state index >= 15 is 0 Å². The van der Waals surface area contributed by atoms with E-state index in [9.17, 15) is 9.90 Å². The molecule has 2 N–H and O–H groups in total. The van der Waals surface area contributed by atoms with Gasteiger partial charge < -0.3 is 20.1 Å². The molecule has 1 saturated heterocycles. The third-order valence-corrected chi connectivity index (χ3v) is 5.69. The molecule has 2 unspecified atom stereocenters. The first-order valence-corrected chi connectivity index (χ1v) is 10.7. The van der Waals surface area contributed by atoms with Gasteiger partial charge in [-0.15, -0.1) is 0 Å². The van der Waals surface area contributed by atoms with Crippen molar-refractivity contribution >= 4 is 6.09 Å². The number of amides is 1. The summed E-state index contributed by atoms with van der Waals surface area (Å²) in [6.45, 7) is 4.71. The molecular weight excluding hydrogens is 378 g/mol. The third-order valence-electron chi connectivity index (χ3n) is 5.69. The first-order chi connectivity index (χ1) is 14.7. The average molecular weight is 412 g/mol. The summed E-state index contributed by atoms with van der Waals surface area (Å²) in [5.41, 5.74) is 2.64. The minimum atomic E-state index is -0.868. The van der Waals surface area contributed by atoms with E-state index < -0.39 is 6.09 Å². The Hall–Kier alpha value is -2.41. The van der Waals surface area contributed by atoms with Crippen LogP contribution < -0.4 is 5.32 Å². The summed E-state index contributed by atoms with van der Waals surface area (Å²) in [5, 5.41) is 12.8. The van der Waals surface area contributed by atoms with Crippen LogP contribution in [0.5, 0.6) is 0 Å². The Labute approximate surface area is 179 Å². The minimum Gasteiger partial charge on any atom is -0.465 e. The van der Waals surface area contributed by atoms with Gasteiger partial charge in [0, 0.05) is 39.3 Å². The molecule has 162 valence electrons. The molecule has 30 heavy (non-hydrogen) atoms. The summed E-state index contributed by atoms with van der Waals surface area (Å²) in [6.07, 6.45) is 0.838. The standard InChI is InChI=1S/C24H33N3O3/c1-30-23-19-27(24(28)29)16-13-22(23)25-14-8-15-26(17-20-9-4-2-5-10-20)18-21-11-6-3-7-12-21/h2-7,9-12,22-23,25H,8,13-19H2,1H3,(H,28,29). The maximum atomic E-state index is 11.2. The van der Waals surface area contributed by atoms with Gasteiger partial charge in [-0.2, -0.15) is 0 Å². The minimum absolute atomic E-state index is 0.0976. The van der Waals surface area contributed by atoms with Gasteiger partial charge in [-0.25, -0.2) is 4.79 Å². The van der Waals surface area contributed by atoms with Crippen molar-refractivity contribution in [3.63, 3.8) is 0 Å². The maximum absolute atomic E-state index is 11.2. The van der Waals surface area contributed by atoms with Crippen LogP contribution in [0.2, 0.25) is 0 Å². The lowest BCUT2D eigenvalue weighted by Crippen LogP contribution is -2.54. The van der Waals surface area contributed by atoms with Crippen molar-refractivity contribution in [3.8, 4) is 0 Å². The molecule has 1 fully saturated rings. The van der Waals surface area contributed by atoms with Crippen molar-refractivity contribution < 1.29 is 14.6 Å². The zero-order valence-electron chi connectivity index (χ0n) is 17.7. The number of piperidine rings is 1. The molecule has 2 aromatic rings. The zero-order chi connectivity index (χ0) is 21.2. The van der Waals surface area contributed by atoms with Crippen LogP contribution in [-0.2, 0) is 17.8 Å². The third kappa shape index (κ3) is 6.83. The lowest BCUT2D eigenvalue weighted by atomic mass is 10.0. The van der Waals surface area contributed by atoms with Crippen LogP contribution in [-0.4, -0.2) is 66.4 Å². The number of likely N-dealkylation sites (tertiary alicyclic amines) is 1. The molecule has 1 aliphatic heterocycles. The first-order valence-electron chi connectivity index (χ1n) is 10.7. The topological polar surface area (TPSA) is 65.0 Å². The molecule has 0 aliphatic carbocycles. The van der Waals surface area contributed by atoms with E-state index in [0.29, 0.717) is 13.1 Å². The Morgan fingerprint density at radius 1 is 1.10 bits per heavy atom. The predicted molar refractivity (Wildman–Crippen MR) is 118 cm³/mol. The smallest absolute Gasteiger partial charge is 0.407 e. The van der Waals surface area contributed by atoms with E-state index in [0.717, 1.165) is 39.0 Å². The quantitative estimate of drug-likeness (QED) is 0.587. The van der Waals surface area contributed by atoms with E-state index in [-0.39, 0.29) is 12.1 Å². The summed E-state index contributed by atoms with van der Waals surface area (Å²) in [6, 6.07) is 21.4. The van der Waals surface area contributed by atoms with Gasteiger partial charge in [-0.05, 0) is 30.5 Å². The molecule has 3 rings (SSSR count). The molecule has 6 nitrogen and oxygen atoms in total. The molecule has 0 bridgehead atoms. The largest absolute Gasteiger partial charge is 0.465 e. The average Bonchev–Trinajstić information content (AvgIpc) is 2.78. The molecule has 1 aliphatic rings. The number of hydrogen-bond acceptors (Lipinski definition) is 4. The van der Waals surface area contributed by atoms with Crippen LogP contribution >= 0.6 is 0 Å². The highest BCUT2D eigenvalue weighted by molar-refractivity contribution is 5.65. The van der Waals surface area contributed by atoms with E-state index in [2.05, 4.69) is 70.9 Å². The van der Waals surface area contributed by atoms with E-state index in [1.54, 1.807) is 7.11 Å². The van der Waals surface area contributed by atoms with Crippen LogP contribution in [0.3, 0.4) is 0 Å². The summed E-state index contributed by atoms with van der Waals surface area (Å²) in [5.74, 6) is 0. The lowest BCUT2D eigenvalue weighted by molar-refractivity contribution is 0.00955. The van der Waals surface area contributed by atoms with Crippen LogP contribution in [0.1, 0.15) is 24.0 Å². The van der Waals surface area contributed by atoms with Crippen molar-refractivity contribution in [1.82, 2.24) is 15.1 Å². The van der Waals surface area contributed by atoms with Gasteiger partial charge in [0.15, 0.2) is 0 Å². The second-order valence-electron chi connectivity index (χ2n) is 7.89. The number of hydrogen-bond donors (Lipinski definition) is 2. The monoisotopic (exact) mass is 411 g/mol.